The van der Waals surface area contributed by atoms with E-state index in [1.165, 1.54) is 0 Å². The summed E-state index contributed by atoms with van der Waals surface area (Å²) in [4.78, 5) is 13.3. The highest BCUT2D eigenvalue weighted by molar-refractivity contribution is 5.86. The topological polar surface area (TPSA) is 86.3 Å². The summed E-state index contributed by atoms with van der Waals surface area (Å²) in [5.74, 6) is 3.05. The van der Waals surface area contributed by atoms with Gasteiger partial charge in [0.25, 0.3) is 0 Å². The molecule has 0 spiro atoms. The van der Waals surface area contributed by atoms with Gasteiger partial charge in [0, 0.05) is 14.1 Å². The van der Waals surface area contributed by atoms with E-state index in [9.17, 15) is 0 Å². The molecule has 20 heavy (non-hydrogen) atoms. The Morgan fingerprint density at radius 2 is 2.00 bits per heavy atom. The highest BCUT2D eigenvalue weighted by Crippen LogP contribution is 2.19. The van der Waals surface area contributed by atoms with Gasteiger partial charge in [-0.3, -0.25) is 4.68 Å². The average Bonchev–Trinajstić information content (AvgIpc) is 2.93. The number of hydrogen-bond acceptors (Lipinski definition) is 6. The molecule has 0 aromatic carbocycles. The summed E-state index contributed by atoms with van der Waals surface area (Å²) in [5.41, 5.74) is 0.800. The van der Waals surface area contributed by atoms with Crippen molar-refractivity contribution in [3.8, 4) is 0 Å². The van der Waals surface area contributed by atoms with E-state index < -0.39 is 0 Å². The minimum Gasteiger partial charge on any atom is -0.372 e. The van der Waals surface area contributed by atoms with Crippen molar-refractivity contribution < 1.29 is 0 Å². The van der Waals surface area contributed by atoms with E-state index >= 15 is 0 Å². The zero-order valence-corrected chi connectivity index (χ0v) is 11.9. The Morgan fingerprint density at radius 1 is 1.20 bits per heavy atom. The standard InChI is InChI=1S/C12H16N8/c1-7-15-8(2)20(18-7)6-10-16-11(13-3)9-5-14-19(4)12(9)17-10/h5H,6H2,1-4H3,(H,13,16,17). The lowest BCUT2D eigenvalue weighted by molar-refractivity contribution is 0.630. The van der Waals surface area contributed by atoms with Crippen LogP contribution < -0.4 is 5.32 Å². The van der Waals surface area contributed by atoms with Crippen LogP contribution in [0.3, 0.4) is 0 Å². The van der Waals surface area contributed by atoms with E-state index in [2.05, 4.69) is 30.5 Å². The molecule has 0 atom stereocenters. The number of anilines is 1. The van der Waals surface area contributed by atoms with E-state index in [-0.39, 0.29) is 0 Å². The second-order valence-electron chi connectivity index (χ2n) is 4.61. The molecule has 0 aliphatic rings. The van der Waals surface area contributed by atoms with Gasteiger partial charge in [0.1, 0.15) is 24.0 Å². The Kier molecular flexibility index (Phi) is 2.85. The number of nitrogens with zero attached hydrogens (tertiary/aromatic N) is 7. The fourth-order valence-corrected chi connectivity index (χ4v) is 2.17. The van der Waals surface area contributed by atoms with Crippen molar-refractivity contribution in [3.63, 3.8) is 0 Å². The van der Waals surface area contributed by atoms with Crippen LogP contribution in [0.25, 0.3) is 11.0 Å². The van der Waals surface area contributed by atoms with Gasteiger partial charge in [-0.15, -0.1) is 0 Å². The van der Waals surface area contributed by atoms with Gasteiger partial charge < -0.3 is 5.32 Å². The van der Waals surface area contributed by atoms with E-state index in [1.807, 2.05) is 27.9 Å². The molecule has 3 rings (SSSR count). The van der Waals surface area contributed by atoms with E-state index in [4.69, 9.17) is 0 Å². The van der Waals surface area contributed by atoms with Gasteiger partial charge in [-0.2, -0.15) is 10.2 Å². The minimum absolute atomic E-state index is 0.489. The molecule has 104 valence electrons. The van der Waals surface area contributed by atoms with Gasteiger partial charge in [-0.1, -0.05) is 0 Å². The highest BCUT2D eigenvalue weighted by atomic mass is 15.4. The first-order chi connectivity index (χ1) is 9.58. The van der Waals surface area contributed by atoms with Gasteiger partial charge in [0.2, 0.25) is 0 Å². The molecule has 0 aliphatic heterocycles. The Labute approximate surface area is 115 Å². The molecule has 0 unspecified atom stereocenters. The molecule has 8 heteroatoms. The van der Waals surface area contributed by atoms with E-state index in [0.29, 0.717) is 12.4 Å². The Morgan fingerprint density at radius 3 is 2.65 bits per heavy atom. The molecule has 8 nitrogen and oxygen atoms in total. The van der Waals surface area contributed by atoms with Gasteiger partial charge in [-0.25, -0.2) is 19.6 Å². The Bertz CT molecular complexity index is 769. The number of fused-ring (bicyclic) bond motifs is 1. The summed E-state index contributed by atoms with van der Waals surface area (Å²) in [5, 5.41) is 12.5. The number of hydrogen-bond donors (Lipinski definition) is 1. The summed E-state index contributed by atoms with van der Waals surface area (Å²) >= 11 is 0. The van der Waals surface area contributed by atoms with Crippen molar-refractivity contribution in [3.05, 3.63) is 23.7 Å². The van der Waals surface area contributed by atoms with Crippen LogP contribution in [0.5, 0.6) is 0 Å². The third-order valence-corrected chi connectivity index (χ3v) is 3.13. The van der Waals surface area contributed by atoms with Gasteiger partial charge >= 0.3 is 0 Å². The maximum Gasteiger partial charge on any atom is 0.163 e. The molecule has 0 amide bonds. The number of aryl methyl sites for hydroxylation is 3. The molecule has 0 bridgehead atoms. The third-order valence-electron chi connectivity index (χ3n) is 3.13. The zero-order valence-electron chi connectivity index (χ0n) is 11.9. The molecule has 0 radical (unpaired) electrons. The van der Waals surface area contributed by atoms with Crippen molar-refractivity contribution >= 4 is 16.9 Å². The summed E-state index contributed by atoms with van der Waals surface area (Å²) in [7, 11) is 3.70. The number of rotatable bonds is 3. The first kappa shape index (κ1) is 12.5. The fraction of sp³-hybridized carbons (Fsp3) is 0.417. The van der Waals surface area contributed by atoms with E-state index in [1.54, 1.807) is 15.6 Å². The lowest BCUT2D eigenvalue weighted by Crippen LogP contribution is -2.10. The summed E-state index contributed by atoms with van der Waals surface area (Å²) < 4.78 is 3.53. The van der Waals surface area contributed by atoms with Crippen LogP contribution in [-0.4, -0.2) is 41.6 Å². The van der Waals surface area contributed by atoms with Crippen LogP contribution in [0.15, 0.2) is 6.20 Å². The third kappa shape index (κ3) is 1.98. The van der Waals surface area contributed by atoms with Crippen LogP contribution in [0.1, 0.15) is 17.5 Å². The maximum atomic E-state index is 4.55. The predicted octanol–water partition coefficient (Wildman–Crippen LogP) is 0.662. The molecule has 0 saturated carbocycles. The van der Waals surface area contributed by atoms with Crippen LogP contribution in [0.2, 0.25) is 0 Å². The van der Waals surface area contributed by atoms with Crippen LogP contribution in [-0.2, 0) is 13.6 Å². The minimum atomic E-state index is 0.489. The monoisotopic (exact) mass is 272 g/mol. The number of aromatic nitrogens is 7. The Balaban J connectivity index is 2.07. The van der Waals surface area contributed by atoms with Crippen LogP contribution in [0, 0.1) is 13.8 Å². The molecular weight excluding hydrogens is 256 g/mol. The van der Waals surface area contributed by atoms with E-state index in [0.717, 1.165) is 28.5 Å². The molecule has 0 aliphatic carbocycles. The van der Waals surface area contributed by atoms with Crippen molar-refractivity contribution in [1.29, 1.82) is 0 Å². The first-order valence-corrected chi connectivity index (χ1v) is 6.33. The van der Waals surface area contributed by atoms with Gasteiger partial charge in [-0.05, 0) is 13.8 Å². The fourth-order valence-electron chi connectivity index (χ4n) is 2.17. The molecule has 3 heterocycles. The molecule has 0 saturated heterocycles. The summed E-state index contributed by atoms with van der Waals surface area (Å²) in [6.45, 7) is 4.28. The predicted molar refractivity (Wildman–Crippen MR) is 74.4 cm³/mol. The normalized spacial score (nSPS) is 11.2. The van der Waals surface area contributed by atoms with Gasteiger partial charge in [0.05, 0.1) is 11.6 Å². The van der Waals surface area contributed by atoms with Crippen molar-refractivity contribution in [2.24, 2.45) is 7.05 Å². The molecular formula is C12H16N8. The second-order valence-corrected chi connectivity index (χ2v) is 4.61. The molecule has 0 fully saturated rings. The smallest absolute Gasteiger partial charge is 0.163 e. The van der Waals surface area contributed by atoms with Crippen molar-refractivity contribution in [2.75, 3.05) is 12.4 Å². The van der Waals surface area contributed by atoms with Crippen LogP contribution >= 0.6 is 0 Å². The quantitative estimate of drug-likeness (QED) is 0.754. The molecule has 3 aromatic rings. The second kappa shape index (κ2) is 4.55. The van der Waals surface area contributed by atoms with Crippen LogP contribution in [0.4, 0.5) is 5.82 Å². The van der Waals surface area contributed by atoms with Crippen molar-refractivity contribution in [1.82, 2.24) is 34.5 Å². The number of nitrogens with one attached hydrogen (secondary N) is 1. The molecule has 3 aromatic heterocycles. The summed E-state index contributed by atoms with van der Waals surface area (Å²) in [6, 6.07) is 0. The Hall–Kier alpha value is -2.51. The van der Waals surface area contributed by atoms with Crippen molar-refractivity contribution in [2.45, 2.75) is 20.4 Å². The molecule has 1 N–H and O–H groups in total. The largest absolute Gasteiger partial charge is 0.372 e. The maximum absolute atomic E-state index is 4.55. The average molecular weight is 272 g/mol. The SMILES string of the molecule is CNc1nc(Cn2nc(C)nc2C)nc2c1cnn2C. The highest BCUT2D eigenvalue weighted by Gasteiger charge is 2.12. The van der Waals surface area contributed by atoms with Gasteiger partial charge in [0.15, 0.2) is 11.5 Å². The summed E-state index contributed by atoms with van der Waals surface area (Å²) in [6.07, 6.45) is 1.76. The lowest BCUT2D eigenvalue weighted by atomic mass is 10.4. The first-order valence-electron chi connectivity index (χ1n) is 6.33. The lowest BCUT2D eigenvalue weighted by Gasteiger charge is -2.06. The zero-order chi connectivity index (χ0) is 14.3.